The number of carbonyl (C=O) groups is 1. The first-order chi connectivity index (χ1) is 16.0. The van der Waals surface area contributed by atoms with Crippen LogP contribution in [0.3, 0.4) is 0 Å². The standard InChI is InChI=1S/C27H33N5OSi/c1-10-23(33)31(5)22-13-19(12-11-16(22)2)25-24-17(3)20(21-15-29-32(6)18(21)4)14-28-26(24)30-27(25)34(7,8)9/h10-15H,1H2,2-9H3,(H,28,30). The Labute approximate surface area is 202 Å². The first-order valence-electron chi connectivity index (χ1n) is 11.5. The van der Waals surface area contributed by atoms with Crippen LogP contribution in [0.4, 0.5) is 5.69 Å². The lowest BCUT2D eigenvalue weighted by Gasteiger charge is -2.21. The molecular formula is C27H33N5OSi. The Morgan fingerprint density at radius 3 is 2.44 bits per heavy atom. The molecule has 0 radical (unpaired) electrons. The van der Waals surface area contributed by atoms with Gasteiger partial charge >= 0.3 is 0 Å². The molecule has 176 valence electrons. The number of benzene rings is 1. The molecule has 0 saturated heterocycles. The van der Waals surface area contributed by atoms with Crippen LogP contribution in [-0.4, -0.2) is 40.8 Å². The number of hydrogen-bond donors (Lipinski definition) is 1. The van der Waals surface area contributed by atoms with E-state index in [0.29, 0.717) is 0 Å². The van der Waals surface area contributed by atoms with E-state index < -0.39 is 8.07 Å². The number of hydrogen-bond acceptors (Lipinski definition) is 3. The smallest absolute Gasteiger partial charge is 0.250 e. The van der Waals surface area contributed by atoms with Crippen LogP contribution in [0.15, 0.2) is 43.2 Å². The Morgan fingerprint density at radius 1 is 1.15 bits per heavy atom. The molecule has 6 nitrogen and oxygen atoms in total. The van der Waals surface area contributed by atoms with Crippen molar-refractivity contribution >= 4 is 36.0 Å². The number of fused-ring (bicyclic) bond motifs is 1. The van der Waals surface area contributed by atoms with Crippen molar-refractivity contribution in [3.63, 3.8) is 0 Å². The van der Waals surface area contributed by atoms with Crippen LogP contribution >= 0.6 is 0 Å². The fourth-order valence-corrected chi connectivity index (χ4v) is 6.09. The molecule has 0 aliphatic rings. The SMILES string of the molecule is C=CC(=O)N(C)c1cc(-c2c([Si](C)(C)C)[nH]c3ncc(-c4cnn(C)c4C)c(C)c23)ccc1C. The monoisotopic (exact) mass is 471 g/mol. The molecule has 0 aliphatic carbocycles. The third-order valence-corrected chi connectivity index (χ3v) is 8.60. The molecule has 1 amide bonds. The van der Waals surface area contributed by atoms with Gasteiger partial charge in [-0.15, -0.1) is 0 Å². The van der Waals surface area contributed by atoms with Gasteiger partial charge in [-0.1, -0.05) is 38.4 Å². The van der Waals surface area contributed by atoms with Crippen molar-refractivity contribution in [2.75, 3.05) is 11.9 Å². The molecule has 0 fully saturated rings. The van der Waals surface area contributed by atoms with Gasteiger partial charge in [0.2, 0.25) is 5.91 Å². The summed E-state index contributed by atoms with van der Waals surface area (Å²) < 4.78 is 1.89. The second-order valence-corrected chi connectivity index (χ2v) is 15.0. The van der Waals surface area contributed by atoms with Crippen molar-refractivity contribution < 1.29 is 4.79 Å². The van der Waals surface area contributed by atoms with Gasteiger partial charge in [-0.05, 0) is 49.6 Å². The maximum atomic E-state index is 12.4. The Bertz CT molecular complexity index is 1440. The summed E-state index contributed by atoms with van der Waals surface area (Å²) >= 11 is 0. The Morgan fingerprint density at radius 2 is 1.85 bits per heavy atom. The van der Waals surface area contributed by atoms with Crippen molar-refractivity contribution in [2.24, 2.45) is 7.05 Å². The predicted octanol–water partition coefficient (Wildman–Crippen LogP) is 5.25. The summed E-state index contributed by atoms with van der Waals surface area (Å²) in [6.45, 7) is 16.9. The molecule has 34 heavy (non-hydrogen) atoms. The molecule has 0 bridgehead atoms. The van der Waals surface area contributed by atoms with Crippen molar-refractivity contribution in [1.82, 2.24) is 19.7 Å². The van der Waals surface area contributed by atoms with Gasteiger partial charge in [0.1, 0.15) is 5.65 Å². The van der Waals surface area contributed by atoms with Crippen LogP contribution in [0.25, 0.3) is 33.3 Å². The quantitative estimate of drug-likeness (QED) is 0.319. The highest BCUT2D eigenvalue weighted by Gasteiger charge is 2.28. The van der Waals surface area contributed by atoms with E-state index in [1.807, 2.05) is 31.0 Å². The van der Waals surface area contributed by atoms with Crippen molar-refractivity contribution in [2.45, 2.75) is 40.4 Å². The molecule has 3 heterocycles. The van der Waals surface area contributed by atoms with Crippen LogP contribution in [0.5, 0.6) is 0 Å². The van der Waals surface area contributed by atoms with Gasteiger partial charge in [-0.25, -0.2) is 4.98 Å². The van der Waals surface area contributed by atoms with Gasteiger partial charge in [0.15, 0.2) is 0 Å². The van der Waals surface area contributed by atoms with Gasteiger partial charge in [-0.3, -0.25) is 9.48 Å². The third-order valence-electron chi connectivity index (χ3n) is 6.72. The zero-order valence-electron chi connectivity index (χ0n) is 21.4. The number of nitrogens with one attached hydrogen (secondary N) is 1. The maximum absolute atomic E-state index is 12.4. The fourth-order valence-electron chi connectivity index (χ4n) is 4.58. The number of rotatable bonds is 5. The first kappa shape index (κ1) is 23.7. The van der Waals surface area contributed by atoms with Gasteiger partial charge in [0, 0.05) is 59.1 Å². The second-order valence-electron chi connectivity index (χ2n) is 10.0. The normalized spacial score (nSPS) is 11.8. The average Bonchev–Trinajstić information content (AvgIpc) is 3.35. The summed E-state index contributed by atoms with van der Waals surface area (Å²) in [6, 6.07) is 6.35. The summed E-state index contributed by atoms with van der Waals surface area (Å²) in [6.07, 6.45) is 5.21. The van der Waals surface area contributed by atoms with E-state index in [1.54, 1.807) is 11.9 Å². The molecule has 0 aliphatic heterocycles. The minimum Gasteiger partial charge on any atom is -0.347 e. The van der Waals surface area contributed by atoms with Crippen LogP contribution in [0.1, 0.15) is 16.8 Å². The summed E-state index contributed by atoms with van der Waals surface area (Å²) in [5.74, 6) is -0.128. The lowest BCUT2D eigenvalue weighted by Crippen LogP contribution is -2.40. The first-order valence-corrected chi connectivity index (χ1v) is 15.0. The zero-order valence-corrected chi connectivity index (χ0v) is 22.4. The van der Waals surface area contributed by atoms with Crippen LogP contribution in [0, 0.1) is 20.8 Å². The Balaban J connectivity index is 2.05. The van der Waals surface area contributed by atoms with E-state index in [0.717, 1.165) is 44.7 Å². The predicted molar refractivity (Wildman–Crippen MR) is 145 cm³/mol. The summed E-state index contributed by atoms with van der Waals surface area (Å²) in [7, 11) is 1.99. The number of pyridine rings is 1. The topological polar surface area (TPSA) is 66.8 Å². The Kier molecular flexibility index (Phi) is 5.85. The number of aromatic amines is 1. The number of carbonyl (C=O) groups excluding carboxylic acids is 1. The molecule has 0 spiro atoms. The zero-order chi connectivity index (χ0) is 24.9. The van der Waals surface area contributed by atoms with Crippen LogP contribution in [-0.2, 0) is 11.8 Å². The minimum absolute atomic E-state index is 0.128. The largest absolute Gasteiger partial charge is 0.347 e. The molecule has 4 rings (SSSR count). The number of aromatic nitrogens is 4. The van der Waals surface area contributed by atoms with E-state index in [1.165, 1.54) is 22.5 Å². The van der Waals surface area contributed by atoms with Crippen molar-refractivity contribution in [3.05, 3.63) is 60.1 Å². The van der Waals surface area contributed by atoms with Crippen molar-refractivity contribution in [3.8, 4) is 22.3 Å². The lowest BCUT2D eigenvalue weighted by atomic mass is 9.96. The van der Waals surface area contributed by atoms with E-state index >= 15 is 0 Å². The highest BCUT2D eigenvalue weighted by atomic mass is 28.3. The summed E-state index contributed by atoms with van der Waals surface area (Å²) in [5.41, 5.74) is 9.54. The van der Waals surface area contributed by atoms with Gasteiger partial charge in [0.25, 0.3) is 0 Å². The van der Waals surface area contributed by atoms with Crippen LogP contribution < -0.4 is 10.2 Å². The number of H-pyrrole nitrogens is 1. The molecule has 0 atom stereocenters. The highest BCUT2D eigenvalue weighted by molar-refractivity contribution is 6.89. The summed E-state index contributed by atoms with van der Waals surface area (Å²) in [5, 5.41) is 6.83. The molecule has 0 saturated carbocycles. The number of aryl methyl sites for hydroxylation is 3. The number of nitrogens with zero attached hydrogens (tertiary/aromatic N) is 4. The number of likely N-dealkylation sites (N-methyl/N-ethyl adjacent to an activating group) is 1. The van der Waals surface area contributed by atoms with Gasteiger partial charge < -0.3 is 9.88 Å². The summed E-state index contributed by atoms with van der Waals surface area (Å²) in [4.78, 5) is 22.6. The molecular weight excluding hydrogens is 438 g/mol. The molecule has 1 N–H and O–H groups in total. The fraction of sp³-hybridized carbons (Fsp3) is 0.296. The van der Waals surface area contributed by atoms with Gasteiger partial charge in [-0.2, -0.15) is 5.10 Å². The third kappa shape index (κ3) is 3.80. The minimum atomic E-state index is -1.77. The molecule has 0 unspecified atom stereocenters. The van der Waals surface area contributed by atoms with Crippen LogP contribution in [0.2, 0.25) is 19.6 Å². The molecule has 4 aromatic rings. The van der Waals surface area contributed by atoms with E-state index in [2.05, 4.69) is 68.3 Å². The average molecular weight is 472 g/mol. The van der Waals surface area contributed by atoms with E-state index in [-0.39, 0.29) is 5.91 Å². The number of amides is 1. The molecule has 3 aromatic heterocycles. The van der Waals surface area contributed by atoms with E-state index in [9.17, 15) is 4.79 Å². The molecule has 1 aromatic carbocycles. The second kappa shape index (κ2) is 8.40. The van der Waals surface area contributed by atoms with E-state index in [4.69, 9.17) is 4.98 Å². The number of anilines is 1. The Hall–Kier alpha value is -3.45. The molecule has 7 heteroatoms. The van der Waals surface area contributed by atoms with Crippen molar-refractivity contribution in [1.29, 1.82) is 0 Å². The highest BCUT2D eigenvalue weighted by Crippen LogP contribution is 2.37. The van der Waals surface area contributed by atoms with Gasteiger partial charge in [0.05, 0.1) is 14.3 Å². The lowest BCUT2D eigenvalue weighted by molar-refractivity contribution is -0.113. The maximum Gasteiger partial charge on any atom is 0.250 e.